The molecule has 1 unspecified atom stereocenters. The molecule has 2 aromatic heterocycles. The van der Waals surface area contributed by atoms with Crippen LogP contribution in [0.15, 0.2) is 23.3 Å². The number of aromatic nitrogens is 3. The average Bonchev–Trinajstić information content (AvgIpc) is 2.92. The molecule has 0 amide bonds. The van der Waals surface area contributed by atoms with Crippen LogP contribution in [0.5, 0.6) is 0 Å². The highest BCUT2D eigenvalue weighted by Gasteiger charge is 2.15. The van der Waals surface area contributed by atoms with Gasteiger partial charge in [-0.1, -0.05) is 6.92 Å². The van der Waals surface area contributed by atoms with Crippen molar-refractivity contribution in [2.75, 3.05) is 7.05 Å². The first-order valence-electron chi connectivity index (χ1n) is 5.42. The van der Waals surface area contributed by atoms with E-state index in [1.54, 1.807) is 11.3 Å². The third-order valence-electron chi connectivity index (χ3n) is 2.48. The number of hydrogen-bond donors (Lipinski definition) is 1. The number of hydrogen-bond acceptors (Lipinski definition) is 4. The van der Waals surface area contributed by atoms with Crippen molar-refractivity contribution in [2.24, 2.45) is 0 Å². The number of rotatable bonds is 5. The van der Waals surface area contributed by atoms with Gasteiger partial charge in [-0.05, 0) is 13.5 Å². The minimum Gasteiger partial charge on any atom is -0.308 e. The Morgan fingerprint density at radius 1 is 1.56 bits per heavy atom. The fourth-order valence-electron chi connectivity index (χ4n) is 1.73. The van der Waals surface area contributed by atoms with Crippen LogP contribution in [0.1, 0.15) is 30.6 Å². The van der Waals surface area contributed by atoms with Crippen molar-refractivity contribution in [3.8, 4) is 0 Å². The molecule has 0 aliphatic carbocycles. The lowest BCUT2D eigenvalue weighted by molar-refractivity contribution is 0.600. The van der Waals surface area contributed by atoms with Crippen LogP contribution in [0.25, 0.3) is 0 Å². The first kappa shape index (κ1) is 11.3. The van der Waals surface area contributed by atoms with Gasteiger partial charge in [0.15, 0.2) is 0 Å². The van der Waals surface area contributed by atoms with E-state index >= 15 is 0 Å². The maximum absolute atomic E-state index is 4.34. The smallest absolute Gasteiger partial charge is 0.0795 e. The third-order valence-corrected chi connectivity index (χ3v) is 3.08. The van der Waals surface area contributed by atoms with Gasteiger partial charge in [-0.25, -0.2) is 4.98 Å². The molecule has 4 nitrogen and oxygen atoms in total. The molecule has 0 saturated heterocycles. The Hall–Kier alpha value is -1.20. The molecule has 0 saturated carbocycles. The fourth-order valence-corrected chi connectivity index (χ4v) is 2.31. The molecule has 2 rings (SSSR count). The predicted octanol–water partition coefficient (Wildman–Crippen LogP) is 2.06. The molecule has 16 heavy (non-hydrogen) atoms. The minimum atomic E-state index is 0.150. The van der Waals surface area contributed by atoms with Crippen molar-refractivity contribution in [1.29, 1.82) is 0 Å². The van der Waals surface area contributed by atoms with Gasteiger partial charge in [0.25, 0.3) is 0 Å². The van der Waals surface area contributed by atoms with Gasteiger partial charge < -0.3 is 5.32 Å². The Kier molecular flexibility index (Phi) is 3.69. The van der Waals surface area contributed by atoms with Crippen LogP contribution >= 0.6 is 11.3 Å². The third kappa shape index (κ3) is 2.31. The van der Waals surface area contributed by atoms with E-state index in [-0.39, 0.29) is 6.04 Å². The molecule has 5 heteroatoms. The molecule has 0 aliphatic heterocycles. The van der Waals surface area contributed by atoms with E-state index in [0.29, 0.717) is 0 Å². The Morgan fingerprint density at radius 2 is 2.44 bits per heavy atom. The predicted molar refractivity (Wildman–Crippen MR) is 65.5 cm³/mol. The number of nitrogens with zero attached hydrogens (tertiary/aromatic N) is 3. The van der Waals surface area contributed by atoms with Gasteiger partial charge in [0.1, 0.15) is 0 Å². The topological polar surface area (TPSA) is 42.7 Å². The Bertz CT molecular complexity index is 421. The monoisotopic (exact) mass is 236 g/mol. The van der Waals surface area contributed by atoms with Crippen LogP contribution in [0.3, 0.4) is 0 Å². The van der Waals surface area contributed by atoms with E-state index in [0.717, 1.165) is 18.7 Å². The summed E-state index contributed by atoms with van der Waals surface area (Å²) in [7, 11) is 1.95. The molecule has 86 valence electrons. The molecular weight excluding hydrogens is 220 g/mol. The molecule has 0 radical (unpaired) electrons. The molecule has 0 aromatic carbocycles. The maximum Gasteiger partial charge on any atom is 0.0795 e. The number of thiazole rings is 1. The summed E-state index contributed by atoms with van der Waals surface area (Å²) in [4.78, 5) is 4.34. The van der Waals surface area contributed by atoms with Gasteiger partial charge >= 0.3 is 0 Å². The van der Waals surface area contributed by atoms with E-state index in [2.05, 4.69) is 33.9 Å². The van der Waals surface area contributed by atoms with E-state index in [4.69, 9.17) is 0 Å². The van der Waals surface area contributed by atoms with Crippen LogP contribution in [-0.4, -0.2) is 21.8 Å². The highest BCUT2D eigenvalue weighted by molar-refractivity contribution is 7.07. The van der Waals surface area contributed by atoms with Gasteiger partial charge in [-0.3, -0.25) is 4.68 Å². The Labute approximate surface area is 99.3 Å². The van der Waals surface area contributed by atoms with Gasteiger partial charge in [0.2, 0.25) is 0 Å². The molecule has 0 fully saturated rings. The van der Waals surface area contributed by atoms with Crippen molar-refractivity contribution in [2.45, 2.75) is 25.9 Å². The van der Waals surface area contributed by atoms with Crippen LogP contribution in [0.4, 0.5) is 0 Å². The zero-order valence-corrected chi connectivity index (χ0v) is 10.4. The molecule has 2 aromatic rings. The van der Waals surface area contributed by atoms with Gasteiger partial charge in [0, 0.05) is 23.7 Å². The normalized spacial score (nSPS) is 12.9. The maximum atomic E-state index is 4.34. The summed E-state index contributed by atoms with van der Waals surface area (Å²) in [6.45, 7) is 3.12. The molecule has 1 atom stereocenters. The van der Waals surface area contributed by atoms with E-state index in [1.807, 2.05) is 23.4 Å². The van der Waals surface area contributed by atoms with Crippen molar-refractivity contribution in [3.05, 3.63) is 34.5 Å². The van der Waals surface area contributed by atoms with E-state index < -0.39 is 0 Å². The molecule has 1 N–H and O–H groups in total. The quantitative estimate of drug-likeness (QED) is 0.864. The molecule has 0 bridgehead atoms. The summed E-state index contributed by atoms with van der Waals surface area (Å²) < 4.78 is 1.98. The molecule has 0 aliphatic rings. The lowest BCUT2D eigenvalue weighted by atomic mass is 10.1. The number of nitrogens with one attached hydrogen (secondary N) is 1. The molecular formula is C11H16N4S. The van der Waals surface area contributed by atoms with Crippen molar-refractivity contribution < 1.29 is 0 Å². The van der Waals surface area contributed by atoms with Crippen LogP contribution in [0, 0.1) is 0 Å². The second-order valence-electron chi connectivity index (χ2n) is 3.67. The standard InChI is InChI=1S/C11H16N4S/c1-3-4-15-6-9(5-14-15)11(12-2)10-7-16-8-13-10/h5-8,11-12H,3-4H2,1-2H3. The second-order valence-corrected chi connectivity index (χ2v) is 4.39. The Morgan fingerprint density at radius 3 is 3.06 bits per heavy atom. The van der Waals surface area contributed by atoms with E-state index in [9.17, 15) is 0 Å². The summed E-state index contributed by atoms with van der Waals surface area (Å²) in [5.41, 5.74) is 4.08. The summed E-state index contributed by atoms with van der Waals surface area (Å²) >= 11 is 1.62. The number of aryl methyl sites for hydroxylation is 1. The summed E-state index contributed by atoms with van der Waals surface area (Å²) in [6.07, 6.45) is 5.10. The first-order valence-corrected chi connectivity index (χ1v) is 6.37. The summed E-state index contributed by atoms with van der Waals surface area (Å²) in [5, 5.41) is 9.67. The van der Waals surface area contributed by atoms with Gasteiger partial charge in [-0.2, -0.15) is 5.10 Å². The second kappa shape index (κ2) is 5.23. The van der Waals surface area contributed by atoms with Crippen LogP contribution in [-0.2, 0) is 6.54 Å². The molecule has 0 spiro atoms. The van der Waals surface area contributed by atoms with Gasteiger partial charge in [-0.15, -0.1) is 11.3 Å². The Balaban J connectivity index is 2.20. The van der Waals surface area contributed by atoms with E-state index in [1.165, 1.54) is 5.56 Å². The fraction of sp³-hybridized carbons (Fsp3) is 0.455. The summed E-state index contributed by atoms with van der Waals surface area (Å²) in [5.74, 6) is 0. The SMILES string of the molecule is CCCn1cc(C(NC)c2cscn2)cn1. The average molecular weight is 236 g/mol. The van der Waals surface area contributed by atoms with Crippen LogP contribution in [0.2, 0.25) is 0 Å². The highest BCUT2D eigenvalue weighted by Crippen LogP contribution is 2.20. The highest BCUT2D eigenvalue weighted by atomic mass is 32.1. The van der Waals surface area contributed by atoms with Crippen molar-refractivity contribution in [3.63, 3.8) is 0 Å². The van der Waals surface area contributed by atoms with Gasteiger partial charge in [0.05, 0.1) is 23.4 Å². The molecule has 2 heterocycles. The lowest BCUT2D eigenvalue weighted by Crippen LogP contribution is -2.17. The van der Waals surface area contributed by atoms with Crippen molar-refractivity contribution >= 4 is 11.3 Å². The van der Waals surface area contributed by atoms with Crippen LogP contribution < -0.4 is 5.32 Å². The lowest BCUT2D eigenvalue weighted by Gasteiger charge is -2.10. The largest absolute Gasteiger partial charge is 0.308 e. The first-order chi connectivity index (χ1) is 7.85. The zero-order chi connectivity index (χ0) is 11.4. The summed E-state index contributed by atoms with van der Waals surface area (Å²) in [6, 6.07) is 0.150. The van der Waals surface area contributed by atoms with Crippen molar-refractivity contribution in [1.82, 2.24) is 20.1 Å². The minimum absolute atomic E-state index is 0.150. The zero-order valence-electron chi connectivity index (χ0n) is 9.55.